The number of benzene rings is 2. The number of methoxy groups -OCH3 is 1. The van der Waals surface area contributed by atoms with E-state index in [4.69, 9.17) is 4.74 Å². The van der Waals surface area contributed by atoms with Gasteiger partial charge in [-0.05, 0) is 62.2 Å². The molecule has 8 heteroatoms. The van der Waals surface area contributed by atoms with Gasteiger partial charge in [0.05, 0.1) is 23.9 Å². The molecule has 0 aliphatic heterocycles. The summed E-state index contributed by atoms with van der Waals surface area (Å²) < 4.78 is 6.73. The molecule has 0 saturated carbocycles. The van der Waals surface area contributed by atoms with E-state index in [9.17, 15) is 9.59 Å². The lowest BCUT2D eigenvalue weighted by Crippen LogP contribution is -2.15. The number of pyridine rings is 1. The molecule has 4 rings (SSSR count). The van der Waals surface area contributed by atoms with Gasteiger partial charge in [0.2, 0.25) is 5.91 Å². The highest BCUT2D eigenvalue weighted by molar-refractivity contribution is 7.99. The largest absolute Gasteiger partial charge is 0.465 e. The lowest BCUT2D eigenvalue weighted by atomic mass is 10.0. The zero-order chi connectivity index (χ0) is 22.1. The quantitative estimate of drug-likeness (QED) is 0.372. The molecule has 0 spiro atoms. The van der Waals surface area contributed by atoms with Crippen LogP contribution in [0.5, 0.6) is 0 Å². The van der Waals surface area contributed by atoms with Gasteiger partial charge in [0.15, 0.2) is 10.8 Å². The third-order valence-electron chi connectivity index (χ3n) is 5.00. The number of nitrogens with zero attached hydrogens (tertiary/aromatic N) is 3. The van der Waals surface area contributed by atoms with Crippen molar-refractivity contribution >= 4 is 45.9 Å². The van der Waals surface area contributed by atoms with Crippen molar-refractivity contribution in [1.29, 1.82) is 0 Å². The fraction of sp³-hybridized carbons (Fsp3) is 0.217. The van der Waals surface area contributed by atoms with Crippen molar-refractivity contribution in [2.45, 2.75) is 25.9 Å². The molecule has 7 nitrogen and oxygen atoms in total. The van der Waals surface area contributed by atoms with Crippen LogP contribution in [0.1, 0.15) is 27.0 Å². The Morgan fingerprint density at radius 2 is 1.87 bits per heavy atom. The van der Waals surface area contributed by atoms with Crippen LogP contribution >= 0.6 is 11.8 Å². The summed E-state index contributed by atoms with van der Waals surface area (Å²) in [4.78, 5) is 24.2. The SMILES string of the molecule is COC(=O)c1cccc(NC(=O)CSc2nnc3cc(C)c4cc(C)cc(C)c4n23)c1. The molecule has 0 aliphatic rings. The Kier molecular flexibility index (Phi) is 5.65. The molecule has 0 unspecified atom stereocenters. The zero-order valence-corrected chi connectivity index (χ0v) is 18.5. The number of carbonyl (C=O) groups excluding carboxylic acids is 2. The number of nitrogens with one attached hydrogen (secondary N) is 1. The molecule has 0 atom stereocenters. The van der Waals surface area contributed by atoms with Gasteiger partial charge in [-0.25, -0.2) is 4.79 Å². The minimum atomic E-state index is -0.451. The van der Waals surface area contributed by atoms with Gasteiger partial charge in [-0.3, -0.25) is 9.20 Å². The maximum Gasteiger partial charge on any atom is 0.337 e. The Morgan fingerprint density at radius 1 is 1.06 bits per heavy atom. The first-order chi connectivity index (χ1) is 14.9. The smallest absolute Gasteiger partial charge is 0.337 e. The van der Waals surface area contributed by atoms with Crippen LogP contribution in [0.15, 0.2) is 47.6 Å². The fourth-order valence-electron chi connectivity index (χ4n) is 3.68. The van der Waals surface area contributed by atoms with Crippen LogP contribution in [0, 0.1) is 20.8 Å². The van der Waals surface area contributed by atoms with Gasteiger partial charge >= 0.3 is 5.97 Å². The first-order valence-electron chi connectivity index (χ1n) is 9.74. The van der Waals surface area contributed by atoms with E-state index in [0.29, 0.717) is 16.4 Å². The number of rotatable bonds is 5. The van der Waals surface area contributed by atoms with E-state index in [0.717, 1.165) is 27.7 Å². The number of amides is 1. The van der Waals surface area contributed by atoms with Gasteiger partial charge in [-0.1, -0.05) is 29.5 Å². The summed E-state index contributed by atoms with van der Waals surface area (Å²) >= 11 is 1.32. The molecule has 1 amide bonds. The van der Waals surface area contributed by atoms with E-state index < -0.39 is 5.97 Å². The topological polar surface area (TPSA) is 85.6 Å². The van der Waals surface area contributed by atoms with Gasteiger partial charge < -0.3 is 10.1 Å². The predicted molar refractivity (Wildman–Crippen MR) is 122 cm³/mol. The number of esters is 1. The average Bonchev–Trinajstić information content (AvgIpc) is 3.14. The second-order valence-electron chi connectivity index (χ2n) is 7.39. The van der Waals surface area contributed by atoms with Crippen molar-refractivity contribution < 1.29 is 14.3 Å². The number of anilines is 1. The normalized spacial score (nSPS) is 11.1. The van der Waals surface area contributed by atoms with Crippen LogP contribution in [0.25, 0.3) is 16.6 Å². The molecule has 31 heavy (non-hydrogen) atoms. The molecule has 0 saturated heterocycles. The number of hydrogen-bond donors (Lipinski definition) is 1. The lowest BCUT2D eigenvalue weighted by molar-refractivity contribution is -0.113. The third kappa shape index (κ3) is 4.11. The summed E-state index contributed by atoms with van der Waals surface area (Å²) in [6.45, 7) is 6.22. The van der Waals surface area contributed by atoms with Crippen molar-refractivity contribution in [2.75, 3.05) is 18.2 Å². The molecule has 0 bridgehead atoms. The Hall–Kier alpha value is -3.39. The summed E-state index contributed by atoms with van der Waals surface area (Å²) in [5.74, 6) is -0.496. The van der Waals surface area contributed by atoms with Crippen LogP contribution < -0.4 is 5.32 Å². The number of ether oxygens (including phenoxy) is 1. The van der Waals surface area contributed by atoms with Gasteiger partial charge in [-0.2, -0.15) is 0 Å². The second kappa shape index (κ2) is 8.39. The monoisotopic (exact) mass is 434 g/mol. The Morgan fingerprint density at radius 3 is 2.65 bits per heavy atom. The van der Waals surface area contributed by atoms with Crippen LogP contribution in [-0.2, 0) is 9.53 Å². The van der Waals surface area contributed by atoms with Crippen molar-refractivity contribution in [3.8, 4) is 0 Å². The highest BCUT2D eigenvalue weighted by Gasteiger charge is 2.15. The van der Waals surface area contributed by atoms with Gasteiger partial charge in [0, 0.05) is 11.1 Å². The first kappa shape index (κ1) is 20.9. The molecule has 2 heterocycles. The second-order valence-corrected chi connectivity index (χ2v) is 8.33. The lowest BCUT2D eigenvalue weighted by Gasteiger charge is -2.11. The number of aryl methyl sites for hydroxylation is 3. The average molecular weight is 435 g/mol. The van der Waals surface area contributed by atoms with E-state index >= 15 is 0 Å². The molecular formula is C23H22N4O3S. The van der Waals surface area contributed by atoms with Crippen LogP contribution in [0.2, 0.25) is 0 Å². The van der Waals surface area contributed by atoms with Gasteiger partial charge in [0.1, 0.15) is 0 Å². The highest BCUT2D eigenvalue weighted by atomic mass is 32.2. The van der Waals surface area contributed by atoms with E-state index in [2.05, 4.69) is 48.4 Å². The van der Waals surface area contributed by atoms with E-state index in [1.54, 1.807) is 24.3 Å². The van der Waals surface area contributed by atoms with Gasteiger partial charge in [-0.15, -0.1) is 10.2 Å². The molecule has 2 aromatic heterocycles. The Bertz CT molecular complexity index is 1330. The van der Waals surface area contributed by atoms with Crippen molar-refractivity contribution in [1.82, 2.24) is 14.6 Å². The van der Waals surface area contributed by atoms with Crippen molar-refractivity contribution in [2.24, 2.45) is 0 Å². The summed E-state index contributed by atoms with van der Waals surface area (Å²) in [5.41, 5.74) is 6.19. The molecule has 0 aliphatic carbocycles. The molecule has 2 aromatic carbocycles. The summed E-state index contributed by atoms with van der Waals surface area (Å²) in [5, 5.41) is 13.2. The van der Waals surface area contributed by atoms with E-state index in [1.165, 1.54) is 24.4 Å². The number of thioether (sulfide) groups is 1. The third-order valence-corrected chi connectivity index (χ3v) is 5.93. The van der Waals surface area contributed by atoms with E-state index in [-0.39, 0.29) is 11.7 Å². The molecular weight excluding hydrogens is 412 g/mol. The molecule has 1 N–H and O–H groups in total. The number of hydrogen-bond acceptors (Lipinski definition) is 6. The fourth-order valence-corrected chi connectivity index (χ4v) is 4.42. The van der Waals surface area contributed by atoms with Crippen molar-refractivity contribution in [3.63, 3.8) is 0 Å². The van der Waals surface area contributed by atoms with Crippen molar-refractivity contribution in [3.05, 3.63) is 64.7 Å². The number of carbonyl (C=O) groups is 2. The van der Waals surface area contributed by atoms with E-state index in [1.807, 2.05) is 10.5 Å². The Balaban J connectivity index is 1.58. The number of fused-ring (bicyclic) bond motifs is 3. The maximum atomic E-state index is 12.5. The molecule has 158 valence electrons. The zero-order valence-electron chi connectivity index (χ0n) is 17.7. The Labute approximate surface area is 183 Å². The maximum absolute atomic E-state index is 12.5. The highest BCUT2D eigenvalue weighted by Crippen LogP contribution is 2.29. The van der Waals surface area contributed by atoms with Crippen LogP contribution in [0.4, 0.5) is 5.69 Å². The van der Waals surface area contributed by atoms with Crippen LogP contribution in [0.3, 0.4) is 0 Å². The standard InChI is InChI=1S/C23H22N4O3S/c1-13-8-15(3)21-18(9-13)14(2)10-19-25-26-23(27(19)21)31-12-20(28)24-17-7-5-6-16(11-17)22(29)30-4/h5-11H,12H2,1-4H3,(H,24,28). The molecule has 0 fully saturated rings. The minimum Gasteiger partial charge on any atom is -0.465 e. The first-order valence-corrected chi connectivity index (χ1v) is 10.7. The summed E-state index contributed by atoms with van der Waals surface area (Å²) in [7, 11) is 1.32. The molecule has 4 aromatic rings. The summed E-state index contributed by atoms with van der Waals surface area (Å²) in [6, 6.07) is 12.9. The van der Waals surface area contributed by atoms with Crippen LogP contribution in [-0.4, -0.2) is 39.3 Å². The molecule has 0 radical (unpaired) electrons. The van der Waals surface area contributed by atoms with Gasteiger partial charge in [0.25, 0.3) is 0 Å². The minimum absolute atomic E-state index is 0.156. The number of aromatic nitrogens is 3. The predicted octanol–water partition coefficient (Wildman–Crippen LogP) is 4.33. The summed E-state index contributed by atoms with van der Waals surface area (Å²) in [6.07, 6.45) is 0.